The van der Waals surface area contributed by atoms with E-state index in [9.17, 15) is 4.39 Å². The molecule has 88 valence electrons. The molecule has 1 aromatic carbocycles. The second-order valence-corrected chi connectivity index (χ2v) is 4.11. The molecule has 0 saturated carbocycles. The average Bonchev–Trinajstić information content (AvgIpc) is 2.34. The van der Waals surface area contributed by atoms with E-state index in [1.54, 1.807) is 31.5 Å². The lowest BCUT2D eigenvalue weighted by atomic mass is 10.1. The van der Waals surface area contributed by atoms with Crippen molar-refractivity contribution in [2.45, 2.75) is 19.9 Å². The van der Waals surface area contributed by atoms with E-state index in [1.165, 1.54) is 0 Å². The molecule has 1 aromatic heterocycles. The Kier molecular flexibility index (Phi) is 3.38. The smallest absolute Gasteiger partial charge is 0.126 e. The van der Waals surface area contributed by atoms with Gasteiger partial charge in [0.15, 0.2) is 0 Å². The van der Waals surface area contributed by atoms with E-state index in [0.717, 1.165) is 11.3 Å². The fourth-order valence-corrected chi connectivity index (χ4v) is 1.66. The number of aromatic nitrogens is 1. The molecule has 0 saturated heterocycles. The Balaban J connectivity index is 2.14. The van der Waals surface area contributed by atoms with E-state index in [-0.39, 0.29) is 11.9 Å². The molecule has 0 spiro atoms. The van der Waals surface area contributed by atoms with Crippen LogP contribution in [0.3, 0.4) is 0 Å². The molecule has 0 aliphatic heterocycles. The van der Waals surface area contributed by atoms with Gasteiger partial charge in [0.2, 0.25) is 0 Å². The predicted octanol–water partition coefficient (Wildman–Crippen LogP) is 3.70. The van der Waals surface area contributed by atoms with Crippen LogP contribution in [0.1, 0.15) is 24.1 Å². The summed E-state index contributed by atoms with van der Waals surface area (Å²) >= 11 is 0. The second-order valence-electron chi connectivity index (χ2n) is 4.11. The predicted molar refractivity (Wildman–Crippen MR) is 67.4 cm³/mol. The third-order valence-corrected chi connectivity index (χ3v) is 2.76. The SMILES string of the molecule is Cc1ccc(C(C)Nc2ccncc2)cc1F. The standard InChI is InChI=1S/C14H15FN2/c1-10-3-4-12(9-14(10)15)11(2)17-13-5-7-16-8-6-13/h3-9,11H,1-2H3,(H,16,17). The Bertz CT molecular complexity index is 497. The Morgan fingerprint density at radius 1 is 1.18 bits per heavy atom. The van der Waals surface area contributed by atoms with E-state index in [1.807, 2.05) is 25.1 Å². The zero-order chi connectivity index (χ0) is 12.3. The molecule has 2 nitrogen and oxygen atoms in total. The van der Waals surface area contributed by atoms with Gasteiger partial charge in [-0.3, -0.25) is 4.98 Å². The molecule has 1 atom stereocenters. The lowest BCUT2D eigenvalue weighted by Gasteiger charge is -2.16. The zero-order valence-corrected chi connectivity index (χ0v) is 9.94. The van der Waals surface area contributed by atoms with Gasteiger partial charge in [-0.15, -0.1) is 0 Å². The Hall–Kier alpha value is -1.90. The van der Waals surface area contributed by atoms with Gasteiger partial charge in [0, 0.05) is 24.1 Å². The van der Waals surface area contributed by atoms with Crippen molar-refractivity contribution in [2.75, 3.05) is 5.32 Å². The number of nitrogens with zero attached hydrogens (tertiary/aromatic N) is 1. The van der Waals surface area contributed by atoms with Gasteiger partial charge < -0.3 is 5.32 Å². The summed E-state index contributed by atoms with van der Waals surface area (Å²) in [6.07, 6.45) is 3.45. The molecule has 0 amide bonds. The van der Waals surface area contributed by atoms with Crippen molar-refractivity contribution in [3.63, 3.8) is 0 Å². The second kappa shape index (κ2) is 4.95. The van der Waals surface area contributed by atoms with Crippen molar-refractivity contribution in [3.8, 4) is 0 Å². The summed E-state index contributed by atoms with van der Waals surface area (Å²) in [6, 6.07) is 9.16. The minimum atomic E-state index is -0.161. The minimum Gasteiger partial charge on any atom is -0.378 e. The van der Waals surface area contributed by atoms with E-state index in [2.05, 4.69) is 10.3 Å². The third-order valence-electron chi connectivity index (χ3n) is 2.76. The molecule has 0 aliphatic carbocycles. The van der Waals surface area contributed by atoms with Crippen LogP contribution in [0.15, 0.2) is 42.7 Å². The molecule has 17 heavy (non-hydrogen) atoms. The van der Waals surface area contributed by atoms with E-state index in [4.69, 9.17) is 0 Å². The van der Waals surface area contributed by atoms with Crippen LogP contribution >= 0.6 is 0 Å². The van der Waals surface area contributed by atoms with Gasteiger partial charge in [0.05, 0.1) is 0 Å². The molecule has 1 N–H and O–H groups in total. The number of rotatable bonds is 3. The highest BCUT2D eigenvalue weighted by Gasteiger charge is 2.07. The third kappa shape index (κ3) is 2.81. The van der Waals surface area contributed by atoms with Gasteiger partial charge >= 0.3 is 0 Å². The largest absolute Gasteiger partial charge is 0.378 e. The fraction of sp³-hybridized carbons (Fsp3) is 0.214. The van der Waals surface area contributed by atoms with Gasteiger partial charge in [-0.25, -0.2) is 4.39 Å². The monoisotopic (exact) mass is 230 g/mol. The summed E-state index contributed by atoms with van der Waals surface area (Å²) in [5, 5.41) is 3.30. The lowest BCUT2D eigenvalue weighted by Crippen LogP contribution is -2.07. The number of hydrogen-bond acceptors (Lipinski definition) is 2. The molecular formula is C14H15FN2. The number of aryl methyl sites for hydroxylation is 1. The first kappa shape index (κ1) is 11.6. The van der Waals surface area contributed by atoms with Crippen molar-refractivity contribution in [1.29, 1.82) is 0 Å². The van der Waals surface area contributed by atoms with E-state index < -0.39 is 0 Å². The maximum absolute atomic E-state index is 13.4. The fourth-order valence-electron chi connectivity index (χ4n) is 1.66. The van der Waals surface area contributed by atoms with Crippen LogP contribution in [0.4, 0.5) is 10.1 Å². The maximum Gasteiger partial charge on any atom is 0.126 e. The maximum atomic E-state index is 13.4. The molecule has 2 rings (SSSR count). The number of nitrogens with one attached hydrogen (secondary N) is 1. The molecule has 0 radical (unpaired) electrons. The summed E-state index contributed by atoms with van der Waals surface area (Å²) < 4.78 is 13.4. The number of hydrogen-bond donors (Lipinski definition) is 1. The number of anilines is 1. The summed E-state index contributed by atoms with van der Waals surface area (Å²) in [6.45, 7) is 3.77. The Labute approximate surface area is 101 Å². The average molecular weight is 230 g/mol. The molecule has 1 unspecified atom stereocenters. The first-order valence-corrected chi connectivity index (χ1v) is 5.59. The molecule has 1 heterocycles. The van der Waals surface area contributed by atoms with Crippen LogP contribution < -0.4 is 5.32 Å². The van der Waals surface area contributed by atoms with Crippen molar-refractivity contribution < 1.29 is 4.39 Å². The van der Waals surface area contributed by atoms with Crippen LogP contribution in [-0.2, 0) is 0 Å². The van der Waals surface area contributed by atoms with Crippen molar-refractivity contribution in [1.82, 2.24) is 4.98 Å². The normalized spacial score (nSPS) is 12.2. The summed E-state index contributed by atoms with van der Waals surface area (Å²) in [5.41, 5.74) is 2.59. The van der Waals surface area contributed by atoms with Crippen molar-refractivity contribution in [3.05, 3.63) is 59.7 Å². The van der Waals surface area contributed by atoms with Gasteiger partial charge in [-0.05, 0) is 43.2 Å². The molecular weight excluding hydrogens is 215 g/mol. The summed E-state index contributed by atoms with van der Waals surface area (Å²) in [4.78, 5) is 3.95. The Morgan fingerprint density at radius 2 is 1.88 bits per heavy atom. The summed E-state index contributed by atoms with van der Waals surface area (Å²) in [7, 11) is 0. The topological polar surface area (TPSA) is 24.9 Å². The van der Waals surface area contributed by atoms with Gasteiger partial charge in [0.1, 0.15) is 5.82 Å². The molecule has 2 aromatic rings. The molecule has 0 bridgehead atoms. The van der Waals surface area contributed by atoms with Gasteiger partial charge in [0.25, 0.3) is 0 Å². The van der Waals surface area contributed by atoms with E-state index in [0.29, 0.717) is 5.56 Å². The Morgan fingerprint density at radius 3 is 2.53 bits per heavy atom. The van der Waals surface area contributed by atoms with E-state index >= 15 is 0 Å². The lowest BCUT2D eigenvalue weighted by molar-refractivity contribution is 0.614. The van der Waals surface area contributed by atoms with Crippen LogP contribution in [0.5, 0.6) is 0 Å². The first-order valence-electron chi connectivity index (χ1n) is 5.59. The van der Waals surface area contributed by atoms with Crippen molar-refractivity contribution >= 4 is 5.69 Å². The van der Waals surface area contributed by atoms with Crippen LogP contribution in [0.25, 0.3) is 0 Å². The number of pyridine rings is 1. The zero-order valence-electron chi connectivity index (χ0n) is 9.94. The molecule has 3 heteroatoms. The van der Waals surface area contributed by atoms with Gasteiger partial charge in [-0.1, -0.05) is 12.1 Å². The molecule has 0 fully saturated rings. The number of halogens is 1. The van der Waals surface area contributed by atoms with Crippen molar-refractivity contribution in [2.24, 2.45) is 0 Å². The molecule has 0 aliphatic rings. The highest BCUT2D eigenvalue weighted by atomic mass is 19.1. The van der Waals surface area contributed by atoms with Crippen LogP contribution in [-0.4, -0.2) is 4.98 Å². The highest BCUT2D eigenvalue weighted by molar-refractivity contribution is 5.43. The first-order chi connectivity index (χ1) is 8.16. The summed E-state index contributed by atoms with van der Waals surface area (Å²) in [5.74, 6) is -0.161. The highest BCUT2D eigenvalue weighted by Crippen LogP contribution is 2.20. The quantitative estimate of drug-likeness (QED) is 0.869. The minimum absolute atomic E-state index is 0.0625. The number of benzene rings is 1. The van der Waals surface area contributed by atoms with Crippen LogP contribution in [0.2, 0.25) is 0 Å². The van der Waals surface area contributed by atoms with Gasteiger partial charge in [-0.2, -0.15) is 0 Å². The van der Waals surface area contributed by atoms with Crippen LogP contribution in [0, 0.1) is 12.7 Å².